The van der Waals surface area contributed by atoms with Gasteiger partial charge < -0.3 is 2.85 Å². The van der Waals surface area contributed by atoms with Crippen LogP contribution in [-0.2, 0) is 21.7 Å². The molecule has 0 saturated carbocycles. The van der Waals surface area contributed by atoms with Crippen LogP contribution in [-0.4, -0.2) is 0 Å². The van der Waals surface area contributed by atoms with E-state index in [1.807, 2.05) is 12.2 Å². The van der Waals surface area contributed by atoms with Crippen molar-refractivity contribution in [1.82, 2.24) is 0 Å². The Hall–Kier alpha value is -0.326. The zero-order chi connectivity index (χ0) is 10.4. The maximum absolute atomic E-state index is 3.30. The fourth-order valence-electron chi connectivity index (χ4n) is 1.26. The third-order valence-electron chi connectivity index (χ3n) is 2.09. The minimum Gasteiger partial charge on any atom is -1.00 e. The predicted molar refractivity (Wildman–Crippen MR) is 63.8 cm³/mol. The molecule has 2 aliphatic rings. The molecule has 0 radical (unpaired) electrons. The Balaban J connectivity index is -0.000000216. The van der Waals surface area contributed by atoms with Crippen LogP contribution in [0.4, 0.5) is 0 Å². The Bertz CT molecular complexity index is 284. The third kappa shape index (κ3) is 5.97. The Kier molecular flexibility index (Phi) is 6.88. The summed E-state index contributed by atoms with van der Waals surface area (Å²) in [6, 6.07) is 0. The zero-order valence-electron chi connectivity index (χ0n) is 11.8. The Labute approximate surface area is 112 Å². The van der Waals surface area contributed by atoms with Gasteiger partial charge in [-0.1, -0.05) is 20.8 Å². The topological polar surface area (TPSA) is 0 Å². The van der Waals surface area contributed by atoms with Crippen LogP contribution in [0.15, 0.2) is 36.0 Å². The molecular weight excluding hydrogens is 216 g/mol. The number of rotatable bonds is 0. The first-order chi connectivity index (χ1) is 6.61. The van der Waals surface area contributed by atoms with Gasteiger partial charge in [0.25, 0.3) is 0 Å². The molecule has 0 saturated heterocycles. The molecule has 0 aromatic heterocycles. The van der Waals surface area contributed by atoms with Crippen LogP contribution in [0.3, 0.4) is 0 Å². The molecule has 0 nitrogen and oxygen atoms in total. The van der Waals surface area contributed by atoms with E-state index in [0.29, 0.717) is 5.41 Å². The van der Waals surface area contributed by atoms with Gasteiger partial charge in [-0.25, -0.2) is 23.8 Å². The van der Waals surface area contributed by atoms with Crippen molar-refractivity contribution in [2.45, 2.75) is 33.6 Å². The van der Waals surface area contributed by atoms with Gasteiger partial charge in [0.05, 0.1) is 0 Å². The molecule has 0 amide bonds. The summed E-state index contributed by atoms with van der Waals surface area (Å²) in [4.78, 5) is 0. The molecule has 15 heavy (non-hydrogen) atoms. The summed E-state index contributed by atoms with van der Waals surface area (Å²) >= 11 is 0. The van der Waals surface area contributed by atoms with Crippen molar-refractivity contribution in [1.29, 1.82) is 0 Å². The molecule has 2 aliphatic carbocycles. The van der Waals surface area contributed by atoms with Gasteiger partial charge in [-0.15, -0.1) is 12.8 Å². The summed E-state index contributed by atoms with van der Waals surface area (Å²) in [6.07, 6.45) is 18.6. The summed E-state index contributed by atoms with van der Waals surface area (Å²) in [7, 11) is 0. The standard InChI is InChI=1S/C9H13.C5H5.Ti.2H/c1-9(2,3)8-6-4-5-7-8;1-2-4-5-3-1;;;/h4,6H,5H2,1-3H3;1-3H,4H2;;;/q2*-1;+4;2*-1. The van der Waals surface area contributed by atoms with E-state index in [2.05, 4.69) is 51.2 Å². The Morgan fingerprint density at radius 2 is 1.93 bits per heavy atom. The van der Waals surface area contributed by atoms with Crippen LogP contribution < -0.4 is 0 Å². The predicted octanol–water partition coefficient (Wildman–Crippen LogP) is 4.25. The molecule has 0 spiro atoms. The van der Waals surface area contributed by atoms with Crippen LogP contribution >= 0.6 is 0 Å². The normalized spacial score (nSPS) is 16.9. The summed E-state index contributed by atoms with van der Waals surface area (Å²) in [5.41, 5.74) is 1.65. The van der Waals surface area contributed by atoms with E-state index in [1.165, 1.54) is 5.57 Å². The second kappa shape index (κ2) is 7.03. The van der Waals surface area contributed by atoms with Crippen molar-refractivity contribution in [3.05, 3.63) is 48.1 Å². The molecule has 1 heteroatoms. The SMILES string of the molecule is CC(C)(C)C1=[C-]CC=C1.[C-]1=CC=CC1.[H-].[H-].[Ti+4]. The van der Waals surface area contributed by atoms with Crippen LogP contribution in [0.2, 0.25) is 0 Å². The van der Waals surface area contributed by atoms with Crippen molar-refractivity contribution in [3.8, 4) is 0 Å². The van der Waals surface area contributed by atoms with E-state index in [4.69, 9.17) is 0 Å². The molecule has 0 fully saturated rings. The van der Waals surface area contributed by atoms with Crippen molar-refractivity contribution < 1.29 is 24.6 Å². The first-order valence-electron chi connectivity index (χ1n) is 5.10. The Morgan fingerprint density at radius 1 is 1.20 bits per heavy atom. The fraction of sp³-hybridized carbons (Fsp3) is 0.429. The summed E-state index contributed by atoms with van der Waals surface area (Å²) < 4.78 is 0. The van der Waals surface area contributed by atoms with E-state index in [1.54, 1.807) is 0 Å². The molecule has 0 aromatic carbocycles. The van der Waals surface area contributed by atoms with Crippen LogP contribution in [0, 0.1) is 17.6 Å². The summed E-state index contributed by atoms with van der Waals surface area (Å²) in [5.74, 6) is 0. The summed E-state index contributed by atoms with van der Waals surface area (Å²) in [5, 5.41) is 0. The third-order valence-corrected chi connectivity index (χ3v) is 2.09. The first kappa shape index (κ1) is 14.7. The molecule has 0 unspecified atom stereocenters. The molecular formula is C14H20Ti. The number of hydrogen-bond acceptors (Lipinski definition) is 0. The van der Waals surface area contributed by atoms with Gasteiger partial charge in [-0.2, -0.15) is 12.2 Å². The van der Waals surface area contributed by atoms with Crippen LogP contribution in [0.1, 0.15) is 36.5 Å². The number of allylic oxidation sites excluding steroid dienone is 8. The van der Waals surface area contributed by atoms with Gasteiger partial charge in [-0.05, 0) is 5.41 Å². The smallest absolute Gasteiger partial charge is 1.00 e. The van der Waals surface area contributed by atoms with Crippen LogP contribution in [0.25, 0.3) is 0 Å². The maximum Gasteiger partial charge on any atom is 4.00 e. The van der Waals surface area contributed by atoms with E-state index < -0.39 is 0 Å². The fourth-order valence-corrected chi connectivity index (χ4v) is 1.26. The van der Waals surface area contributed by atoms with E-state index in [-0.39, 0.29) is 24.6 Å². The van der Waals surface area contributed by atoms with Gasteiger partial charge in [0.1, 0.15) is 0 Å². The van der Waals surface area contributed by atoms with Crippen molar-refractivity contribution in [2.24, 2.45) is 5.41 Å². The minimum absolute atomic E-state index is 0. The van der Waals surface area contributed by atoms with E-state index in [9.17, 15) is 0 Å². The second-order valence-corrected chi connectivity index (χ2v) is 4.45. The average molecular weight is 236 g/mol. The molecule has 80 valence electrons. The minimum atomic E-state index is 0. The van der Waals surface area contributed by atoms with Gasteiger partial charge in [0, 0.05) is 0 Å². The van der Waals surface area contributed by atoms with Gasteiger partial charge in [0.2, 0.25) is 0 Å². The molecule has 2 rings (SSSR count). The first-order valence-corrected chi connectivity index (χ1v) is 5.10. The largest absolute Gasteiger partial charge is 4.00 e. The molecule has 0 heterocycles. The van der Waals surface area contributed by atoms with Crippen LogP contribution in [0.5, 0.6) is 0 Å². The maximum atomic E-state index is 3.30. The van der Waals surface area contributed by atoms with Gasteiger partial charge in [0.15, 0.2) is 0 Å². The Morgan fingerprint density at radius 3 is 2.13 bits per heavy atom. The number of hydrogen-bond donors (Lipinski definition) is 0. The average Bonchev–Trinajstić information content (AvgIpc) is 2.80. The van der Waals surface area contributed by atoms with Gasteiger partial charge >= 0.3 is 21.7 Å². The van der Waals surface area contributed by atoms with Crippen molar-refractivity contribution in [3.63, 3.8) is 0 Å². The molecule has 0 N–H and O–H groups in total. The van der Waals surface area contributed by atoms with Gasteiger partial charge in [-0.3, -0.25) is 12.2 Å². The van der Waals surface area contributed by atoms with Crippen molar-refractivity contribution >= 4 is 0 Å². The zero-order valence-corrected chi connectivity index (χ0v) is 11.4. The molecule has 0 aliphatic heterocycles. The molecule has 0 bridgehead atoms. The molecule has 0 atom stereocenters. The second-order valence-electron chi connectivity index (χ2n) is 4.45. The summed E-state index contributed by atoms with van der Waals surface area (Å²) in [6.45, 7) is 6.64. The molecule has 0 aromatic rings. The van der Waals surface area contributed by atoms with E-state index in [0.717, 1.165) is 12.8 Å². The van der Waals surface area contributed by atoms with Crippen molar-refractivity contribution in [2.75, 3.05) is 0 Å². The monoisotopic (exact) mass is 236 g/mol. The van der Waals surface area contributed by atoms with E-state index >= 15 is 0 Å². The quantitative estimate of drug-likeness (QED) is 0.435.